The maximum Gasteiger partial charge on any atom is 0.336 e. The van der Waals surface area contributed by atoms with Crippen molar-refractivity contribution in [3.63, 3.8) is 0 Å². The van der Waals surface area contributed by atoms with Gasteiger partial charge in [0.05, 0.1) is 11.7 Å². The van der Waals surface area contributed by atoms with Crippen molar-refractivity contribution in [2.45, 2.75) is 32.3 Å². The zero-order valence-electron chi connectivity index (χ0n) is 10.3. The lowest BCUT2D eigenvalue weighted by Crippen LogP contribution is -2.08. The molecule has 98 valence electrons. The highest BCUT2D eigenvalue weighted by Gasteiger charge is 2.32. The Bertz CT molecular complexity index is 458. The topological polar surface area (TPSA) is 57.5 Å². The van der Waals surface area contributed by atoms with Crippen LogP contribution in [0.15, 0.2) is 18.2 Å². The van der Waals surface area contributed by atoms with Gasteiger partial charge in [-0.3, -0.25) is 0 Å². The van der Waals surface area contributed by atoms with Crippen molar-refractivity contribution in [1.29, 1.82) is 0 Å². The molecule has 1 aliphatic rings. The highest BCUT2D eigenvalue weighted by molar-refractivity contribution is 5.89. The monoisotopic (exact) mass is 252 g/mol. The van der Waals surface area contributed by atoms with E-state index in [-0.39, 0.29) is 5.56 Å². The van der Waals surface area contributed by atoms with Gasteiger partial charge in [0.25, 0.3) is 0 Å². The van der Waals surface area contributed by atoms with Crippen molar-refractivity contribution in [2.75, 3.05) is 0 Å². The molecular weight excluding hydrogens is 235 g/mol. The van der Waals surface area contributed by atoms with Crippen LogP contribution in [0.1, 0.15) is 48.2 Å². The summed E-state index contributed by atoms with van der Waals surface area (Å²) in [7, 11) is 0. The fourth-order valence-electron chi connectivity index (χ4n) is 2.33. The molecule has 3 atom stereocenters. The van der Waals surface area contributed by atoms with Crippen LogP contribution in [-0.2, 0) is 0 Å². The third kappa shape index (κ3) is 2.88. The number of carboxylic acids is 1. The van der Waals surface area contributed by atoms with Gasteiger partial charge in [0, 0.05) is 0 Å². The van der Waals surface area contributed by atoms with Crippen LogP contribution in [-0.4, -0.2) is 16.2 Å². The van der Waals surface area contributed by atoms with Gasteiger partial charge in [-0.15, -0.1) is 0 Å². The zero-order chi connectivity index (χ0) is 13.3. The van der Waals surface area contributed by atoms with E-state index in [9.17, 15) is 14.3 Å². The minimum Gasteiger partial charge on any atom is -0.478 e. The van der Waals surface area contributed by atoms with Crippen LogP contribution in [0.3, 0.4) is 0 Å². The standard InChI is InChI=1S/C14H17FO3/c1-8-6-9(8)2-5-13(16)11-4-3-10(15)7-12(11)14(17)18/h3-4,7-9,13,16H,2,5-6H2,1H3,(H,17,18). The maximum absolute atomic E-state index is 13.0. The molecule has 4 heteroatoms. The average Bonchev–Trinajstić information content (AvgIpc) is 3.02. The molecule has 0 aliphatic heterocycles. The highest BCUT2D eigenvalue weighted by atomic mass is 19.1. The zero-order valence-corrected chi connectivity index (χ0v) is 10.3. The molecule has 3 unspecified atom stereocenters. The van der Waals surface area contributed by atoms with E-state index >= 15 is 0 Å². The average molecular weight is 252 g/mol. The van der Waals surface area contributed by atoms with Gasteiger partial charge in [-0.2, -0.15) is 0 Å². The maximum atomic E-state index is 13.0. The summed E-state index contributed by atoms with van der Waals surface area (Å²) in [5.74, 6) is -0.444. The Morgan fingerprint density at radius 1 is 1.56 bits per heavy atom. The fourth-order valence-corrected chi connectivity index (χ4v) is 2.33. The van der Waals surface area contributed by atoms with Gasteiger partial charge >= 0.3 is 5.97 Å². The number of rotatable bonds is 5. The van der Waals surface area contributed by atoms with Crippen molar-refractivity contribution in [3.8, 4) is 0 Å². The second-order valence-electron chi connectivity index (χ2n) is 5.10. The molecule has 2 rings (SSSR count). The van der Waals surface area contributed by atoms with E-state index in [4.69, 9.17) is 5.11 Å². The number of carboxylic acid groups (broad SMARTS) is 1. The molecule has 2 N–H and O–H groups in total. The Labute approximate surface area is 105 Å². The first-order valence-corrected chi connectivity index (χ1v) is 6.20. The summed E-state index contributed by atoms with van der Waals surface area (Å²) in [6.07, 6.45) is 1.77. The molecule has 0 spiro atoms. The number of carbonyl (C=O) groups is 1. The predicted octanol–water partition coefficient (Wildman–Crippen LogP) is 2.99. The Kier molecular flexibility index (Phi) is 3.66. The number of benzene rings is 1. The van der Waals surface area contributed by atoms with Crippen molar-refractivity contribution >= 4 is 5.97 Å². The third-order valence-electron chi connectivity index (χ3n) is 3.69. The molecule has 1 aromatic rings. The van der Waals surface area contributed by atoms with Crippen LogP contribution in [0.2, 0.25) is 0 Å². The third-order valence-corrected chi connectivity index (χ3v) is 3.69. The minimum atomic E-state index is -1.21. The van der Waals surface area contributed by atoms with Gasteiger partial charge in [0.15, 0.2) is 0 Å². The van der Waals surface area contributed by atoms with Gasteiger partial charge in [-0.25, -0.2) is 9.18 Å². The molecule has 0 radical (unpaired) electrons. The molecule has 0 saturated heterocycles. The predicted molar refractivity (Wildman–Crippen MR) is 64.8 cm³/mol. The van der Waals surface area contributed by atoms with Gasteiger partial charge in [-0.05, 0) is 48.8 Å². The smallest absolute Gasteiger partial charge is 0.336 e. The van der Waals surface area contributed by atoms with Crippen LogP contribution in [0.5, 0.6) is 0 Å². The Hall–Kier alpha value is -1.42. The molecule has 1 saturated carbocycles. The summed E-state index contributed by atoms with van der Waals surface area (Å²) in [4.78, 5) is 11.0. The largest absolute Gasteiger partial charge is 0.478 e. The molecular formula is C14H17FO3. The van der Waals surface area contributed by atoms with Crippen LogP contribution in [0.25, 0.3) is 0 Å². The number of aromatic carboxylic acids is 1. The lowest BCUT2D eigenvalue weighted by molar-refractivity contribution is 0.0687. The minimum absolute atomic E-state index is 0.147. The van der Waals surface area contributed by atoms with Crippen molar-refractivity contribution in [1.82, 2.24) is 0 Å². The number of hydrogen-bond donors (Lipinski definition) is 2. The van der Waals surface area contributed by atoms with E-state index in [1.165, 1.54) is 18.6 Å². The number of halogens is 1. The first-order chi connectivity index (χ1) is 8.49. The summed E-state index contributed by atoms with van der Waals surface area (Å²) in [5, 5.41) is 19.0. The quantitative estimate of drug-likeness (QED) is 0.847. The van der Waals surface area contributed by atoms with E-state index in [1.807, 2.05) is 0 Å². The highest BCUT2D eigenvalue weighted by Crippen LogP contribution is 2.42. The molecule has 0 heterocycles. The van der Waals surface area contributed by atoms with E-state index in [0.717, 1.165) is 12.5 Å². The fraction of sp³-hybridized carbons (Fsp3) is 0.500. The van der Waals surface area contributed by atoms with Gasteiger partial charge < -0.3 is 10.2 Å². The van der Waals surface area contributed by atoms with Gasteiger partial charge in [0.1, 0.15) is 5.82 Å². The summed E-state index contributed by atoms with van der Waals surface area (Å²) in [6, 6.07) is 3.51. The summed E-state index contributed by atoms with van der Waals surface area (Å²) in [5.41, 5.74) is 0.156. The first-order valence-electron chi connectivity index (χ1n) is 6.20. The van der Waals surface area contributed by atoms with E-state index < -0.39 is 17.9 Å². The van der Waals surface area contributed by atoms with E-state index in [0.29, 0.717) is 23.8 Å². The molecule has 0 bridgehead atoms. The van der Waals surface area contributed by atoms with Gasteiger partial charge in [-0.1, -0.05) is 13.0 Å². The summed E-state index contributed by atoms with van der Waals surface area (Å²) < 4.78 is 13.0. The molecule has 3 nitrogen and oxygen atoms in total. The van der Waals surface area contributed by atoms with Gasteiger partial charge in [0.2, 0.25) is 0 Å². The molecule has 1 aliphatic carbocycles. The Morgan fingerprint density at radius 2 is 2.22 bits per heavy atom. The lowest BCUT2D eigenvalue weighted by Gasteiger charge is -2.13. The lowest BCUT2D eigenvalue weighted by atomic mass is 9.97. The Balaban J connectivity index is 2.08. The molecule has 1 fully saturated rings. The van der Waals surface area contributed by atoms with E-state index in [2.05, 4.69) is 6.92 Å². The second kappa shape index (κ2) is 5.06. The van der Waals surface area contributed by atoms with Crippen molar-refractivity contribution in [2.24, 2.45) is 11.8 Å². The number of aliphatic hydroxyl groups is 1. The molecule has 0 aromatic heterocycles. The second-order valence-corrected chi connectivity index (χ2v) is 5.10. The van der Waals surface area contributed by atoms with Crippen LogP contribution in [0, 0.1) is 17.7 Å². The molecule has 1 aromatic carbocycles. The molecule has 0 amide bonds. The van der Waals surface area contributed by atoms with E-state index in [1.54, 1.807) is 0 Å². The van der Waals surface area contributed by atoms with Crippen molar-refractivity contribution < 1.29 is 19.4 Å². The summed E-state index contributed by atoms with van der Waals surface area (Å²) >= 11 is 0. The first kappa shape index (κ1) is 13.0. The number of hydrogen-bond acceptors (Lipinski definition) is 2. The van der Waals surface area contributed by atoms with Crippen LogP contribution in [0.4, 0.5) is 4.39 Å². The number of aliphatic hydroxyl groups excluding tert-OH is 1. The van der Waals surface area contributed by atoms with Crippen LogP contribution >= 0.6 is 0 Å². The Morgan fingerprint density at radius 3 is 2.78 bits per heavy atom. The summed E-state index contributed by atoms with van der Waals surface area (Å²) in [6.45, 7) is 2.16. The normalized spacial score (nSPS) is 23.7. The van der Waals surface area contributed by atoms with Crippen LogP contribution < -0.4 is 0 Å². The molecule has 18 heavy (non-hydrogen) atoms. The van der Waals surface area contributed by atoms with Crippen molar-refractivity contribution in [3.05, 3.63) is 35.1 Å². The SMILES string of the molecule is CC1CC1CCC(O)c1ccc(F)cc1C(=O)O.